The number of hydrogen-bond acceptors (Lipinski definition) is 6. The van der Waals surface area contributed by atoms with Crippen molar-refractivity contribution in [2.75, 3.05) is 12.8 Å². The lowest BCUT2D eigenvalue weighted by molar-refractivity contribution is -0.127. The van der Waals surface area contributed by atoms with E-state index in [1.807, 2.05) is 39.3 Å². The summed E-state index contributed by atoms with van der Waals surface area (Å²) in [5, 5.41) is 9.11. The molecule has 0 aliphatic carbocycles. The summed E-state index contributed by atoms with van der Waals surface area (Å²) in [7, 11) is 1.82. The summed E-state index contributed by atoms with van der Waals surface area (Å²) in [5.41, 5.74) is 4.24. The number of hydrogen-bond donors (Lipinski definition) is 0. The van der Waals surface area contributed by atoms with Crippen LogP contribution >= 0.6 is 23.1 Å². The molecule has 24 heavy (non-hydrogen) atoms. The molecule has 0 unspecified atom stereocenters. The molecule has 0 N–H and O–H groups in total. The molecule has 0 saturated carbocycles. The van der Waals surface area contributed by atoms with Crippen LogP contribution in [0.3, 0.4) is 0 Å². The van der Waals surface area contributed by atoms with Crippen molar-refractivity contribution in [3.05, 3.63) is 39.3 Å². The summed E-state index contributed by atoms with van der Waals surface area (Å²) in [4.78, 5) is 22.9. The summed E-state index contributed by atoms with van der Waals surface area (Å²) in [6, 6.07) is 2.03. The highest BCUT2D eigenvalue weighted by Crippen LogP contribution is 2.18. The fourth-order valence-electron chi connectivity index (χ4n) is 2.28. The Labute approximate surface area is 148 Å². The number of aromatic nitrogens is 4. The molecular formula is C16H19N5OS2. The fraction of sp³-hybridized carbons (Fsp3) is 0.375. The van der Waals surface area contributed by atoms with Crippen LogP contribution in [-0.4, -0.2) is 43.2 Å². The maximum Gasteiger partial charge on any atom is 0.253 e. The Morgan fingerprint density at radius 1 is 1.33 bits per heavy atom. The minimum Gasteiger partial charge on any atom is -0.341 e. The lowest BCUT2D eigenvalue weighted by Crippen LogP contribution is -2.27. The number of thioether (sulfide) groups is 1. The third-order valence-electron chi connectivity index (χ3n) is 3.99. The third-order valence-corrected chi connectivity index (χ3v) is 5.55. The molecule has 3 aromatic rings. The topological polar surface area (TPSA) is 63.4 Å². The van der Waals surface area contributed by atoms with Gasteiger partial charge in [0.05, 0.1) is 5.75 Å². The molecule has 0 saturated heterocycles. The molecule has 0 aliphatic heterocycles. The highest BCUT2D eigenvalue weighted by atomic mass is 32.2. The average Bonchev–Trinajstić information content (AvgIpc) is 3.20. The molecule has 126 valence electrons. The van der Waals surface area contributed by atoms with Gasteiger partial charge in [-0.25, -0.2) is 9.50 Å². The smallest absolute Gasteiger partial charge is 0.253 e. The first-order valence-electron chi connectivity index (χ1n) is 7.54. The number of carbonyl (C=O) groups excluding carboxylic acids is 1. The van der Waals surface area contributed by atoms with E-state index < -0.39 is 0 Å². The van der Waals surface area contributed by atoms with E-state index in [9.17, 15) is 4.79 Å². The van der Waals surface area contributed by atoms with E-state index in [0.29, 0.717) is 23.2 Å². The van der Waals surface area contributed by atoms with Gasteiger partial charge in [0.2, 0.25) is 11.1 Å². The summed E-state index contributed by atoms with van der Waals surface area (Å²) in [5.74, 6) is 0.952. The van der Waals surface area contributed by atoms with E-state index in [0.717, 1.165) is 22.5 Å². The summed E-state index contributed by atoms with van der Waals surface area (Å²) >= 11 is 2.98. The highest BCUT2D eigenvalue weighted by molar-refractivity contribution is 7.99. The number of carbonyl (C=O) groups is 1. The van der Waals surface area contributed by atoms with Crippen LogP contribution in [0.15, 0.2) is 22.0 Å². The van der Waals surface area contributed by atoms with Crippen LogP contribution in [0.1, 0.15) is 22.5 Å². The second-order valence-electron chi connectivity index (χ2n) is 5.68. The lowest BCUT2D eigenvalue weighted by atomic mass is 10.2. The van der Waals surface area contributed by atoms with Gasteiger partial charge in [-0.15, -0.1) is 5.10 Å². The summed E-state index contributed by atoms with van der Waals surface area (Å²) in [6.45, 7) is 6.61. The van der Waals surface area contributed by atoms with Gasteiger partial charge in [0.25, 0.3) is 5.78 Å². The van der Waals surface area contributed by atoms with Gasteiger partial charge >= 0.3 is 0 Å². The minimum absolute atomic E-state index is 0.0575. The van der Waals surface area contributed by atoms with Crippen molar-refractivity contribution >= 4 is 34.8 Å². The molecule has 3 rings (SSSR count). The Hall–Kier alpha value is -1.93. The van der Waals surface area contributed by atoms with E-state index in [4.69, 9.17) is 0 Å². The maximum absolute atomic E-state index is 12.3. The molecule has 0 spiro atoms. The Morgan fingerprint density at radius 2 is 2.12 bits per heavy atom. The zero-order valence-corrected chi connectivity index (χ0v) is 15.7. The Bertz CT molecular complexity index is 872. The van der Waals surface area contributed by atoms with Crippen molar-refractivity contribution in [2.24, 2.45) is 0 Å². The molecule has 0 fully saturated rings. The molecular weight excluding hydrogens is 342 g/mol. The number of fused-ring (bicyclic) bond motifs is 1. The molecule has 0 atom stereocenters. The quantitative estimate of drug-likeness (QED) is 0.654. The molecule has 0 radical (unpaired) electrons. The molecule has 8 heteroatoms. The predicted octanol–water partition coefficient (Wildman–Crippen LogP) is 2.86. The normalized spacial score (nSPS) is 11.2. The van der Waals surface area contributed by atoms with E-state index in [2.05, 4.69) is 20.4 Å². The van der Waals surface area contributed by atoms with E-state index in [1.54, 1.807) is 20.8 Å². The van der Waals surface area contributed by atoms with Gasteiger partial charge in [0.15, 0.2) is 0 Å². The molecule has 3 heterocycles. The maximum atomic E-state index is 12.3. The van der Waals surface area contributed by atoms with Gasteiger partial charge in [-0.05, 0) is 48.7 Å². The standard InChI is InChI=1S/C16H19N5OS2/c1-10-11(2)17-15-18-16(19-21(15)12(10)3)24-9-14(22)20(4)7-13-5-6-23-8-13/h5-6,8H,7,9H2,1-4H3. The Kier molecular flexibility index (Phi) is 4.86. The Morgan fingerprint density at radius 3 is 2.83 bits per heavy atom. The van der Waals surface area contributed by atoms with Crippen LogP contribution in [0.5, 0.6) is 0 Å². The third kappa shape index (κ3) is 3.44. The minimum atomic E-state index is 0.0575. The zero-order valence-electron chi connectivity index (χ0n) is 14.1. The van der Waals surface area contributed by atoms with Gasteiger partial charge in [-0.3, -0.25) is 4.79 Å². The summed E-state index contributed by atoms with van der Waals surface area (Å²) < 4.78 is 1.74. The first kappa shape index (κ1) is 16.9. The van der Waals surface area contributed by atoms with Gasteiger partial charge in [-0.2, -0.15) is 16.3 Å². The molecule has 0 aliphatic rings. The van der Waals surface area contributed by atoms with Crippen LogP contribution in [-0.2, 0) is 11.3 Å². The van der Waals surface area contributed by atoms with Crippen LogP contribution in [0, 0.1) is 20.8 Å². The monoisotopic (exact) mass is 361 g/mol. The van der Waals surface area contributed by atoms with E-state index in [-0.39, 0.29) is 5.91 Å². The molecule has 3 aromatic heterocycles. The van der Waals surface area contributed by atoms with Crippen molar-refractivity contribution in [3.8, 4) is 0 Å². The molecule has 1 amide bonds. The van der Waals surface area contributed by atoms with Crippen molar-refractivity contribution in [1.82, 2.24) is 24.5 Å². The van der Waals surface area contributed by atoms with Crippen molar-refractivity contribution in [1.29, 1.82) is 0 Å². The van der Waals surface area contributed by atoms with Gasteiger partial charge in [0, 0.05) is 25.0 Å². The van der Waals surface area contributed by atoms with Crippen molar-refractivity contribution < 1.29 is 4.79 Å². The van der Waals surface area contributed by atoms with Gasteiger partial charge < -0.3 is 4.90 Å². The lowest BCUT2D eigenvalue weighted by Gasteiger charge is -2.15. The highest BCUT2D eigenvalue weighted by Gasteiger charge is 2.14. The van der Waals surface area contributed by atoms with Gasteiger partial charge in [0.1, 0.15) is 0 Å². The summed E-state index contributed by atoms with van der Waals surface area (Å²) in [6.07, 6.45) is 0. The van der Waals surface area contributed by atoms with Gasteiger partial charge in [-0.1, -0.05) is 11.8 Å². The van der Waals surface area contributed by atoms with Crippen LogP contribution in [0.25, 0.3) is 5.78 Å². The Balaban J connectivity index is 1.67. The van der Waals surface area contributed by atoms with E-state index in [1.165, 1.54) is 11.8 Å². The average molecular weight is 361 g/mol. The SMILES string of the molecule is Cc1nc2nc(SCC(=O)N(C)Cc3ccsc3)nn2c(C)c1C. The molecule has 0 bridgehead atoms. The second-order valence-corrected chi connectivity index (χ2v) is 7.41. The molecule has 0 aromatic carbocycles. The number of aryl methyl sites for hydroxylation is 2. The second kappa shape index (κ2) is 6.90. The van der Waals surface area contributed by atoms with Crippen molar-refractivity contribution in [3.63, 3.8) is 0 Å². The van der Waals surface area contributed by atoms with Crippen molar-refractivity contribution in [2.45, 2.75) is 32.5 Å². The first-order chi connectivity index (χ1) is 11.5. The number of amides is 1. The zero-order chi connectivity index (χ0) is 17.3. The van der Waals surface area contributed by atoms with E-state index >= 15 is 0 Å². The number of thiophene rings is 1. The largest absolute Gasteiger partial charge is 0.341 e. The fourth-order valence-corrected chi connectivity index (χ4v) is 3.70. The predicted molar refractivity (Wildman–Crippen MR) is 96.5 cm³/mol. The van der Waals surface area contributed by atoms with Crippen LogP contribution < -0.4 is 0 Å². The number of rotatable bonds is 5. The number of nitrogens with zero attached hydrogens (tertiary/aromatic N) is 5. The van der Waals surface area contributed by atoms with Crippen LogP contribution in [0.2, 0.25) is 0 Å². The molecule has 6 nitrogen and oxygen atoms in total. The van der Waals surface area contributed by atoms with Crippen LogP contribution in [0.4, 0.5) is 0 Å². The first-order valence-corrected chi connectivity index (χ1v) is 9.47.